The predicted molar refractivity (Wildman–Crippen MR) is 101 cm³/mol. The average Bonchev–Trinajstić information content (AvgIpc) is 3.36. The number of carbonyl (C=O) groups is 1. The van der Waals surface area contributed by atoms with Gasteiger partial charge in [0.25, 0.3) is 5.91 Å². The van der Waals surface area contributed by atoms with Gasteiger partial charge in [-0.05, 0) is 24.6 Å². The molecule has 136 valence electrons. The fourth-order valence-electron chi connectivity index (χ4n) is 3.96. The van der Waals surface area contributed by atoms with Gasteiger partial charge in [0, 0.05) is 31.7 Å². The number of imidazole rings is 1. The van der Waals surface area contributed by atoms with E-state index in [-0.39, 0.29) is 17.6 Å². The van der Waals surface area contributed by atoms with Crippen molar-refractivity contribution in [1.82, 2.24) is 29.2 Å². The van der Waals surface area contributed by atoms with E-state index in [2.05, 4.69) is 15.1 Å². The van der Waals surface area contributed by atoms with Crippen molar-refractivity contribution in [3.8, 4) is 0 Å². The molecule has 1 aliphatic rings. The van der Waals surface area contributed by atoms with Gasteiger partial charge in [-0.3, -0.25) is 14.0 Å². The number of benzene rings is 1. The number of amides is 1. The molecule has 5 rings (SSSR count). The van der Waals surface area contributed by atoms with Gasteiger partial charge in [0.2, 0.25) is 0 Å². The Morgan fingerprint density at radius 1 is 1.22 bits per heavy atom. The maximum atomic E-state index is 13.1. The topological polar surface area (TPSA) is 88.8 Å². The van der Waals surface area contributed by atoms with Crippen molar-refractivity contribution in [3.05, 3.63) is 58.8 Å². The van der Waals surface area contributed by atoms with Crippen LogP contribution in [0.15, 0.2) is 47.4 Å². The normalized spacial score (nSPS) is 17.2. The van der Waals surface area contributed by atoms with E-state index in [1.54, 1.807) is 26.4 Å². The molecule has 3 aromatic heterocycles. The van der Waals surface area contributed by atoms with E-state index < -0.39 is 0 Å². The third kappa shape index (κ3) is 2.37. The van der Waals surface area contributed by atoms with Crippen molar-refractivity contribution in [1.29, 1.82) is 0 Å². The van der Waals surface area contributed by atoms with Crippen molar-refractivity contribution in [3.63, 3.8) is 0 Å². The minimum absolute atomic E-state index is 0.0972. The predicted octanol–water partition coefficient (Wildman–Crippen LogP) is 1.70. The van der Waals surface area contributed by atoms with Crippen LogP contribution in [-0.4, -0.2) is 48.2 Å². The lowest BCUT2D eigenvalue weighted by molar-refractivity contribution is 0.0783. The summed E-state index contributed by atoms with van der Waals surface area (Å²) in [6.07, 6.45) is 2.38. The molecular formula is C19H18N6O2. The molecule has 0 radical (unpaired) electrons. The third-order valence-corrected chi connectivity index (χ3v) is 5.25. The molecule has 0 spiro atoms. The van der Waals surface area contributed by atoms with Crippen molar-refractivity contribution < 1.29 is 4.79 Å². The number of para-hydroxylation sites is 1. The van der Waals surface area contributed by atoms with E-state index in [0.717, 1.165) is 10.9 Å². The number of nitrogens with one attached hydrogen (secondary N) is 1. The van der Waals surface area contributed by atoms with Gasteiger partial charge in [-0.1, -0.05) is 18.2 Å². The molecule has 8 heteroatoms. The second-order valence-corrected chi connectivity index (χ2v) is 6.86. The number of pyridine rings is 1. The lowest BCUT2D eigenvalue weighted by Crippen LogP contribution is -2.31. The molecule has 0 saturated carbocycles. The van der Waals surface area contributed by atoms with Gasteiger partial charge in [-0.25, -0.2) is 9.78 Å². The highest BCUT2D eigenvalue weighted by Gasteiger charge is 2.32. The molecule has 1 saturated heterocycles. The largest absolute Gasteiger partial charge is 0.335 e. The van der Waals surface area contributed by atoms with Crippen molar-refractivity contribution in [2.24, 2.45) is 7.05 Å². The summed E-state index contributed by atoms with van der Waals surface area (Å²) in [5.41, 5.74) is 2.53. The van der Waals surface area contributed by atoms with Crippen LogP contribution in [0.25, 0.3) is 22.1 Å². The number of aryl methyl sites for hydroxylation is 1. The summed E-state index contributed by atoms with van der Waals surface area (Å²) in [7, 11) is 1.84. The van der Waals surface area contributed by atoms with Crippen molar-refractivity contribution >= 4 is 28.0 Å². The van der Waals surface area contributed by atoms with Gasteiger partial charge in [0.05, 0.1) is 17.1 Å². The van der Waals surface area contributed by atoms with Crippen LogP contribution in [0.1, 0.15) is 23.0 Å². The Kier molecular flexibility index (Phi) is 3.40. The molecule has 1 amide bonds. The maximum Gasteiger partial charge on any atom is 0.327 e. The molecule has 27 heavy (non-hydrogen) atoms. The van der Waals surface area contributed by atoms with E-state index in [1.165, 1.54) is 0 Å². The average molecular weight is 362 g/mol. The van der Waals surface area contributed by atoms with Crippen molar-refractivity contribution in [2.45, 2.75) is 12.5 Å². The lowest BCUT2D eigenvalue weighted by atomic mass is 10.2. The Labute approximate surface area is 154 Å². The highest BCUT2D eigenvalue weighted by atomic mass is 16.2. The van der Waals surface area contributed by atoms with Gasteiger partial charge in [0.15, 0.2) is 11.3 Å². The Balaban J connectivity index is 1.47. The first-order chi connectivity index (χ1) is 13.1. The van der Waals surface area contributed by atoms with E-state index >= 15 is 0 Å². The minimum atomic E-state index is -0.189. The quantitative estimate of drug-likeness (QED) is 0.588. The van der Waals surface area contributed by atoms with Gasteiger partial charge >= 0.3 is 5.69 Å². The molecule has 8 nitrogen and oxygen atoms in total. The number of likely N-dealkylation sites (tertiary alicyclic amines) is 1. The van der Waals surface area contributed by atoms with Crippen LogP contribution in [0.3, 0.4) is 0 Å². The first kappa shape index (κ1) is 15.8. The van der Waals surface area contributed by atoms with Crippen LogP contribution >= 0.6 is 0 Å². The molecule has 0 aliphatic carbocycles. The molecule has 1 atom stereocenters. The minimum Gasteiger partial charge on any atom is -0.335 e. The van der Waals surface area contributed by atoms with Crippen LogP contribution in [-0.2, 0) is 7.05 Å². The third-order valence-electron chi connectivity index (χ3n) is 5.25. The summed E-state index contributed by atoms with van der Waals surface area (Å²) in [5.74, 6) is -0.102. The fraction of sp³-hybridized carbons (Fsp3) is 0.263. The Hall–Kier alpha value is -3.42. The summed E-state index contributed by atoms with van der Waals surface area (Å²) in [6, 6.07) is 11.2. The highest BCUT2D eigenvalue weighted by molar-refractivity contribution is 6.04. The van der Waals surface area contributed by atoms with Crippen LogP contribution in [0.2, 0.25) is 0 Å². The molecule has 4 heterocycles. The Morgan fingerprint density at radius 3 is 2.96 bits per heavy atom. The first-order valence-corrected chi connectivity index (χ1v) is 8.90. The van der Waals surface area contributed by atoms with Gasteiger partial charge in [-0.15, -0.1) is 0 Å². The summed E-state index contributed by atoms with van der Waals surface area (Å²) >= 11 is 0. The van der Waals surface area contributed by atoms with Gasteiger partial charge in [-0.2, -0.15) is 5.10 Å². The lowest BCUT2D eigenvalue weighted by Gasteiger charge is -2.16. The number of carbonyl (C=O) groups excluding carboxylic acids is 1. The monoisotopic (exact) mass is 362 g/mol. The first-order valence-electron chi connectivity index (χ1n) is 8.90. The summed E-state index contributed by atoms with van der Waals surface area (Å²) < 4.78 is 3.39. The summed E-state index contributed by atoms with van der Waals surface area (Å²) in [6.45, 7) is 1.05. The van der Waals surface area contributed by atoms with E-state index in [4.69, 9.17) is 0 Å². The molecular weight excluding hydrogens is 344 g/mol. The second kappa shape index (κ2) is 5.80. The molecule has 1 fully saturated rings. The Bertz CT molecular complexity index is 1230. The zero-order chi connectivity index (χ0) is 18.5. The zero-order valence-corrected chi connectivity index (χ0v) is 14.8. The van der Waals surface area contributed by atoms with Gasteiger partial charge < -0.3 is 9.88 Å². The molecule has 1 aliphatic heterocycles. The molecule has 0 bridgehead atoms. The van der Waals surface area contributed by atoms with Crippen LogP contribution in [0.4, 0.5) is 0 Å². The standard InChI is InChI=1S/C19H18N6O2/c1-23-15-7-3-2-5-13(15)16(22-23)18(26)24-10-8-12(11-24)25-17-14(21-19(25)27)6-4-9-20-17/h2-7,9,12H,8,10-11H2,1H3,(H,21,27). The van der Waals surface area contributed by atoms with E-state index in [9.17, 15) is 9.59 Å². The van der Waals surface area contributed by atoms with Crippen LogP contribution in [0.5, 0.6) is 0 Å². The Morgan fingerprint density at radius 2 is 2.07 bits per heavy atom. The van der Waals surface area contributed by atoms with E-state index in [1.807, 2.05) is 37.4 Å². The highest BCUT2D eigenvalue weighted by Crippen LogP contribution is 2.26. The number of nitrogens with zero attached hydrogens (tertiary/aromatic N) is 5. The number of H-pyrrole nitrogens is 1. The smallest absolute Gasteiger partial charge is 0.327 e. The SMILES string of the molecule is Cn1nc(C(=O)N2CCC(n3c(=O)[nH]c4cccnc43)C2)c2ccccc21. The molecule has 1 aromatic carbocycles. The molecule has 4 aromatic rings. The van der Waals surface area contributed by atoms with Crippen LogP contribution < -0.4 is 5.69 Å². The van der Waals surface area contributed by atoms with E-state index in [0.29, 0.717) is 36.4 Å². The second-order valence-electron chi connectivity index (χ2n) is 6.86. The summed E-state index contributed by atoms with van der Waals surface area (Å²) in [5, 5.41) is 5.27. The molecule has 1 unspecified atom stereocenters. The number of fused-ring (bicyclic) bond motifs is 2. The fourth-order valence-corrected chi connectivity index (χ4v) is 3.96. The maximum absolute atomic E-state index is 13.1. The number of hydrogen-bond donors (Lipinski definition) is 1. The van der Waals surface area contributed by atoms with Gasteiger partial charge in [0.1, 0.15) is 0 Å². The zero-order valence-electron chi connectivity index (χ0n) is 14.8. The number of aromatic amines is 1. The molecule has 1 N–H and O–H groups in total. The number of aromatic nitrogens is 5. The van der Waals surface area contributed by atoms with Crippen LogP contribution in [0, 0.1) is 0 Å². The van der Waals surface area contributed by atoms with Crippen molar-refractivity contribution in [2.75, 3.05) is 13.1 Å². The summed E-state index contributed by atoms with van der Waals surface area (Å²) in [4.78, 5) is 34.4. The number of hydrogen-bond acceptors (Lipinski definition) is 4. The number of rotatable bonds is 2.